The largest absolute Gasteiger partial charge is 0.442 e. The number of nitrogens with two attached hydrogens (primary N) is 1. The first-order valence-corrected chi connectivity index (χ1v) is 7.92. The van der Waals surface area contributed by atoms with Gasteiger partial charge in [0.15, 0.2) is 6.61 Å². The Morgan fingerprint density at radius 2 is 2.35 bits per heavy atom. The van der Waals surface area contributed by atoms with E-state index in [9.17, 15) is 10.1 Å². The summed E-state index contributed by atoms with van der Waals surface area (Å²) in [6.45, 7) is 1.72. The van der Waals surface area contributed by atoms with E-state index in [0.29, 0.717) is 16.5 Å². The van der Waals surface area contributed by atoms with E-state index in [4.69, 9.17) is 22.1 Å². The summed E-state index contributed by atoms with van der Waals surface area (Å²) < 4.78 is 6.59. The van der Waals surface area contributed by atoms with Crippen LogP contribution in [-0.4, -0.2) is 15.6 Å². The number of ether oxygens (including phenoxy) is 1. The number of aromatic nitrogens is 2. The number of carbonyl (C=O) groups is 1. The molecule has 1 atom stereocenters. The molecule has 1 aromatic carbocycles. The average molecular weight is 351 g/mol. The minimum absolute atomic E-state index is 0.0485. The lowest BCUT2D eigenvalue weighted by atomic mass is 10.1. The molecular weight excluding hydrogens is 336 g/mol. The molecule has 1 amide bonds. The Morgan fingerprint density at radius 3 is 2.96 bits per heavy atom. The Kier molecular flexibility index (Phi) is 5.53. The van der Waals surface area contributed by atoms with E-state index in [1.165, 1.54) is 11.8 Å². The zero-order valence-electron chi connectivity index (χ0n) is 12.6. The lowest BCUT2D eigenvalue weighted by molar-refractivity contribution is 0.146. The van der Waals surface area contributed by atoms with Crippen LogP contribution < -0.4 is 5.73 Å². The molecular formula is C15H15ClN4O2S. The molecule has 0 aliphatic rings. The Balaban J connectivity index is 2.39. The quantitative estimate of drug-likeness (QED) is 0.891. The maximum atomic E-state index is 10.8. The fourth-order valence-corrected chi connectivity index (χ4v) is 3.30. The van der Waals surface area contributed by atoms with Gasteiger partial charge < -0.3 is 15.0 Å². The lowest BCUT2D eigenvalue weighted by Crippen LogP contribution is -2.14. The molecule has 1 aromatic heterocycles. The monoisotopic (exact) mass is 350 g/mol. The molecule has 120 valence electrons. The number of rotatable bonds is 5. The third-order valence-corrected chi connectivity index (χ3v) is 4.52. The first-order chi connectivity index (χ1) is 10.9. The van der Waals surface area contributed by atoms with E-state index >= 15 is 0 Å². The summed E-state index contributed by atoms with van der Waals surface area (Å²) in [5.74, 6) is 0.121. The average Bonchev–Trinajstić information content (AvgIpc) is 2.81. The summed E-state index contributed by atoms with van der Waals surface area (Å²) in [5, 5.41) is 10.6. The van der Waals surface area contributed by atoms with Crippen LogP contribution in [0.1, 0.15) is 24.4 Å². The standard InChI is InChI=1S/C15H15ClN4O2S/c1-9(7-17)13-14(23-11-5-3-4-10(16)6-11)20(2)12(19-13)8-22-15(18)21/h3-6,9H,8H2,1-2H3,(H2,18,21). The van der Waals surface area contributed by atoms with Crippen LogP contribution in [0.2, 0.25) is 5.02 Å². The summed E-state index contributed by atoms with van der Waals surface area (Å²) >= 11 is 7.46. The van der Waals surface area contributed by atoms with Crippen molar-refractivity contribution in [1.82, 2.24) is 9.55 Å². The first-order valence-electron chi connectivity index (χ1n) is 6.73. The van der Waals surface area contributed by atoms with Crippen LogP contribution in [0.5, 0.6) is 0 Å². The van der Waals surface area contributed by atoms with Gasteiger partial charge in [0.1, 0.15) is 10.9 Å². The molecule has 0 radical (unpaired) electrons. The SMILES string of the molecule is CC(C#N)c1nc(COC(N)=O)n(C)c1Sc1cccc(Cl)c1. The smallest absolute Gasteiger partial charge is 0.404 e. The summed E-state index contributed by atoms with van der Waals surface area (Å²) in [7, 11) is 1.80. The number of benzene rings is 1. The summed E-state index contributed by atoms with van der Waals surface area (Å²) in [4.78, 5) is 16.1. The Labute approximate surface area is 143 Å². The van der Waals surface area contributed by atoms with Gasteiger partial charge in [0.2, 0.25) is 0 Å². The number of hydrogen-bond acceptors (Lipinski definition) is 5. The van der Waals surface area contributed by atoms with Crippen LogP contribution >= 0.6 is 23.4 Å². The summed E-state index contributed by atoms with van der Waals surface area (Å²) in [6.07, 6.45) is -0.869. The van der Waals surface area contributed by atoms with Gasteiger partial charge in [0, 0.05) is 17.0 Å². The van der Waals surface area contributed by atoms with Gasteiger partial charge >= 0.3 is 6.09 Å². The minimum Gasteiger partial charge on any atom is -0.442 e. The van der Waals surface area contributed by atoms with E-state index in [1.807, 2.05) is 18.2 Å². The normalized spacial score (nSPS) is 11.7. The van der Waals surface area contributed by atoms with E-state index in [0.717, 1.165) is 9.92 Å². The van der Waals surface area contributed by atoms with Gasteiger partial charge in [-0.25, -0.2) is 9.78 Å². The first kappa shape index (κ1) is 17.2. The predicted molar refractivity (Wildman–Crippen MR) is 87.2 cm³/mol. The summed E-state index contributed by atoms with van der Waals surface area (Å²) in [5.41, 5.74) is 5.62. The van der Waals surface area contributed by atoms with E-state index < -0.39 is 12.0 Å². The van der Waals surface area contributed by atoms with Crippen LogP contribution in [-0.2, 0) is 18.4 Å². The molecule has 6 nitrogen and oxygen atoms in total. The molecule has 0 saturated heterocycles. The highest BCUT2D eigenvalue weighted by Gasteiger charge is 2.21. The third kappa shape index (κ3) is 4.18. The number of imidazole rings is 1. The Hall–Kier alpha value is -2.17. The van der Waals surface area contributed by atoms with Crippen LogP contribution in [0.15, 0.2) is 34.2 Å². The zero-order valence-corrected chi connectivity index (χ0v) is 14.2. The van der Waals surface area contributed by atoms with Gasteiger partial charge in [-0.15, -0.1) is 0 Å². The van der Waals surface area contributed by atoms with Crippen molar-refractivity contribution in [2.24, 2.45) is 12.8 Å². The maximum absolute atomic E-state index is 10.8. The second-order valence-corrected chi connectivity index (χ2v) is 6.29. The van der Waals surface area contributed by atoms with Gasteiger partial charge in [0.05, 0.1) is 17.7 Å². The minimum atomic E-state index is -0.869. The van der Waals surface area contributed by atoms with Crippen molar-refractivity contribution >= 4 is 29.5 Å². The van der Waals surface area contributed by atoms with Crippen LogP contribution in [0.3, 0.4) is 0 Å². The van der Waals surface area contributed by atoms with E-state index in [2.05, 4.69) is 11.1 Å². The van der Waals surface area contributed by atoms with E-state index in [-0.39, 0.29) is 6.61 Å². The summed E-state index contributed by atoms with van der Waals surface area (Å²) in [6, 6.07) is 9.57. The van der Waals surface area contributed by atoms with Crippen molar-refractivity contribution in [3.05, 3.63) is 40.8 Å². The molecule has 2 N–H and O–H groups in total. The number of halogens is 1. The highest BCUT2D eigenvalue weighted by molar-refractivity contribution is 7.99. The van der Waals surface area contributed by atoms with Gasteiger partial charge in [-0.05, 0) is 25.1 Å². The molecule has 0 aliphatic heterocycles. The number of hydrogen-bond donors (Lipinski definition) is 1. The van der Waals surface area contributed by atoms with Crippen molar-refractivity contribution < 1.29 is 9.53 Å². The van der Waals surface area contributed by atoms with Crippen LogP contribution in [0.25, 0.3) is 0 Å². The molecule has 0 saturated carbocycles. The maximum Gasteiger partial charge on any atom is 0.404 e. The van der Waals surface area contributed by atoms with Crippen LogP contribution in [0, 0.1) is 11.3 Å². The second-order valence-electron chi connectivity index (χ2n) is 4.80. The molecule has 1 heterocycles. The van der Waals surface area contributed by atoms with Crippen molar-refractivity contribution in [3.63, 3.8) is 0 Å². The number of primary amides is 1. The number of nitrogens with zero attached hydrogens (tertiary/aromatic N) is 3. The topological polar surface area (TPSA) is 93.9 Å². The lowest BCUT2D eigenvalue weighted by Gasteiger charge is -2.08. The fourth-order valence-electron chi connectivity index (χ4n) is 1.92. The van der Waals surface area contributed by atoms with Crippen LogP contribution in [0.4, 0.5) is 4.79 Å². The molecule has 1 unspecified atom stereocenters. The molecule has 0 aliphatic carbocycles. The Bertz CT molecular complexity index is 769. The second kappa shape index (κ2) is 7.40. The van der Waals surface area contributed by atoms with Gasteiger partial charge in [0.25, 0.3) is 0 Å². The Morgan fingerprint density at radius 1 is 1.61 bits per heavy atom. The number of nitriles is 1. The van der Waals surface area contributed by atoms with E-state index in [1.54, 1.807) is 24.6 Å². The zero-order chi connectivity index (χ0) is 17.0. The number of amides is 1. The van der Waals surface area contributed by atoms with Crippen molar-refractivity contribution in [1.29, 1.82) is 5.26 Å². The van der Waals surface area contributed by atoms with Crippen molar-refractivity contribution in [3.8, 4) is 6.07 Å². The number of carbonyl (C=O) groups excluding carboxylic acids is 1. The van der Waals surface area contributed by atoms with Gasteiger partial charge in [-0.3, -0.25) is 0 Å². The van der Waals surface area contributed by atoms with Gasteiger partial charge in [-0.2, -0.15) is 5.26 Å². The van der Waals surface area contributed by atoms with Crippen molar-refractivity contribution in [2.45, 2.75) is 29.4 Å². The van der Waals surface area contributed by atoms with Gasteiger partial charge in [-0.1, -0.05) is 29.4 Å². The molecule has 0 fully saturated rings. The third-order valence-electron chi connectivity index (χ3n) is 3.12. The molecule has 8 heteroatoms. The predicted octanol–water partition coefficient (Wildman–Crippen LogP) is 3.45. The highest BCUT2D eigenvalue weighted by atomic mass is 35.5. The fraction of sp³-hybridized carbons (Fsp3) is 0.267. The molecule has 0 bridgehead atoms. The molecule has 23 heavy (non-hydrogen) atoms. The molecule has 0 spiro atoms. The molecule has 2 aromatic rings. The highest BCUT2D eigenvalue weighted by Crippen LogP contribution is 2.35. The van der Waals surface area contributed by atoms with Crippen molar-refractivity contribution in [2.75, 3.05) is 0 Å². The molecule has 2 rings (SSSR count).